The fourth-order valence-electron chi connectivity index (χ4n) is 3.52. The number of alkyl halides is 3. The van der Waals surface area contributed by atoms with E-state index in [1.807, 2.05) is 62.4 Å². The lowest BCUT2D eigenvalue weighted by atomic mass is 9.99. The predicted molar refractivity (Wildman–Crippen MR) is 110 cm³/mol. The normalized spacial score (nSPS) is 18.6. The lowest BCUT2D eigenvalue weighted by Gasteiger charge is -2.14. The molecule has 4 rings (SSSR count). The quantitative estimate of drug-likeness (QED) is 0.493. The van der Waals surface area contributed by atoms with Crippen molar-refractivity contribution in [3.05, 3.63) is 89.5 Å². The van der Waals surface area contributed by atoms with E-state index in [1.165, 1.54) is 12.1 Å². The molecule has 0 fully saturated rings. The van der Waals surface area contributed by atoms with E-state index in [-0.39, 0.29) is 17.9 Å². The summed E-state index contributed by atoms with van der Waals surface area (Å²) in [5, 5.41) is 0. The Labute approximate surface area is 172 Å². The molecule has 0 bridgehead atoms. The summed E-state index contributed by atoms with van der Waals surface area (Å²) < 4.78 is 46.8. The van der Waals surface area contributed by atoms with E-state index < -0.39 is 6.36 Å². The van der Waals surface area contributed by atoms with Crippen LogP contribution in [0.2, 0.25) is 0 Å². The number of aliphatic imine (C=N–C) groups is 1. The van der Waals surface area contributed by atoms with Crippen molar-refractivity contribution in [3.63, 3.8) is 0 Å². The molecule has 2 atom stereocenters. The molecule has 0 aliphatic carbocycles. The van der Waals surface area contributed by atoms with E-state index in [4.69, 9.17) is 9.73 Å². The Morgan fingerprint density at radius 2 is 1.47 bits per heavy atom. The molecule has 3 aromatic rings. The van der Waals surface area contributed by atoms with Crippen molar-refractivity contribution in [2.45, 2.75) is 32.4 Å². The first kappa shape index (κ1) is 20.0. The summed E-state index contributed by atoms with van der Waals surface area (Å²) in [7, 11) is 0. The van der Waals surface area contributed by atoms with Crippen molar-refractivity contribution < 1.29 is 22.6 Å². The van der Waals surface area contributed by atoms with E-state index in [0.717, 1.165) is 27.8 Å². The van der Waals surface area contributed by atoms with Gasteiger partial charge in [-0.2, -0.15) is 0 Å². The Bertz CT molecular complexity index is 1060. The number of rotatable bonds is 4. The average molecular weight is 411 g/mol. The van der Waals surface area contributed by atoms with Gasteiger partial charge in [0.2, 0.25) is 5.90 Å². The molecule has 2 unspecified atom stereocenters. The summed E-state index contributed by atoms with van der Waals surface area (Å²) in [4.78, 5) is 4.79. The van der Waals surface area contributed by atoms with Crippen molar-refractivity contribution in [1.82, 2.24) is 0 Å². The Morgan fingerprint density at radius 3 is 2.07 bits per heavy atom. The van der Waals surface area contributed by atoms with Gasteiger partial charge in [-0.15, -0.1) is 13.2 Å². The van der Waals surface area contributed by atoms with Crippen LogP contribution in [-0.2, 0) is 4.74 Å². The van der Waals surface area contributed by atoms with Gasteiger partial charge in [0.1, 0.15) is 17.9 Å². The lowest BCUT2D eigenvalue weighted by Crippen LogP contribution is -2.16. The van der Waals surface area contributed by atoms with Crippen molar-refractivity contribution in [2.75, 3.05) is 0 Å². The van der Waals surface area contributed by atoms with E-state index in [0.29, 0.717) is 5.90 Å². The molecule has 0 aromatic heterocycles. The largest absolute Gasteiger partial charge is 0.573 e. The Morgan fingerprint density at radius 1 is 0.867 bits per heavy atom. The van der Waals surface area contributed by atoms with E-state index >= 15 is 0 Å². The van der Waals surface area contributed by atoms with E-state index in [1.54, 1.807) is 12.1 Å². The van der Waals surface area contributed by atoms with E-state index in [2.05, 4.69) is 4.74 Å². The SMILES string of the molecule is Cc1ccccc1C1=NC(c2ccc(-c3ccc(OC(F)(F)F)cc3)cc2)C(C)O1. The van der Waals surface area contributed by atoms with Crippen LogP contribution in [0.15, 0.2) is 77.8 Å². The summed E-state index contributed by atoms with van der Waals surface area (Å²) in [6.07, 6.45) is -4.79. The Hall–Kier alpha value is -3.28. The first-order chi connectivity index (χ1) is 14.3. The van der Waals surface area contributed by atoms with Gasteiger partial charge in [0.05, 0.1) is 0 Å². The standard InChI is InChI=1S/C24H20F3NO2/c1-15-5-3-4-6-21(15)23-28-22(16(2)29-23)19-9-7-17(8-10-19)18-11-13-20(14-12-18)30-24(25,26)27/h3-14,16,22H,1-2H3. The highest BCUT2D eigenvalue weighted by molar-refractivity contribution is 5.96. The molecule has 6 heteroatoms. The molecule has 30 heavy (non-hydrogen) atoms. The zero-order valence-electron chi connectivity index (χ0n) is 16.5. The van der Waals surface area contributed by atoms with Crippen molar-refractivity contribution in [1.29, 1.82) is 0 Å². The van der Waals surface area contributed by atoms with Crippen LogP contribution >= 0.6 is 0 Å². The molecule has 154 valence electrons. The van der Waals surface area contributed by atoms with Gasteiger partial charge in [-0.05, 0) is 54.3 Å². The van der Waals surface area contributed by atoms with Crippen LogP contribution in [0, 0.1) is 6.92 Å². The number of hydrogen-bond donors (Lipinski definition) is 0. The molecule has 0 spiro atoms. The molecule has 0 saturated carbocycles. The van der Waals surface area contributed by atoms with Crippen LogP contribution < -0.4 is 4.74 Å². The second-order valence-corrected chi connectivity index (χ2v) is 7.21. The second-order valence-electron chi connectivity index (χ2n) is 7.21. The molecule has 0 N–H and O–H groups in total. The molecule has 1 aliphatic heterocycles. The predicted octanol–water partition coefficient (Wildman–Crippen LogP) is 6.47. The lowest BCUT2D eigenvalue weighted by molar-refractivity contribution is -0.274. The molecule has 0 radical (unpaired) electrons. The van der Waals surface area contributed by atoms with Crippen LogP contribution in [0.25, 0.3) is 11.1 Å². The zero-order chi connectivity index (χ0) is 21.3. The maximum Gasteiger partial charge on any atom is 0.573 e. The summed E-state index contributed by atoms with van der Waals surface area (Å²) in [6.45, 7) is 4.02. The molecule has 3 aromatic carbocycles. The van der Waals surface area contributed by atoms with Crippen LogP contribution in [0.3, 0.4) is 0 Å². The first-order valence-electron chi connectivity index (χ1n) is 9.57. The van der Waals surface area contributed by atoms with Crippen molar-refractivity contribution in [2.24, 2.45) is 4.99 Å². The van der Waals surface area contributed by atoms with Gasteiger partial charge in [0.25, 0.3) is 0 Å². The molecule has 1 aliphatic rings. The number of ether oxygens (including phenoxy) is 2. The minimum absolute atomic E-state index is 0.0933. The minimum atomic E-state index is -4.69. The minimum Gasteiger partial charge on any atom is -0.472 e. The molecule has 1 heterocycles. The topological polar surface area (TPSA) is 30.8 Å². The third kappa shape index (κ3) is 4.32. The molecule has 3 nitrogen and oxygen atoms in total. The van der Waals surface area contributed by atoms with Crippen LogP contribution in [0.4, 0.5) is 13.2 Å². The summed E-state index contributed by atoms with van der Waals surface area (Å²) in [5.41, 5.74) is 4.82. The van der Waals surface area contributed by atoms with Crippen LogP contribution in [-0.4, -0.2) is 18.4 Å². The van der Waals surface area contributed by atoms with Gasteiger partial charge in [0, 0.05) is 5.56 Å². The smallest absolute Gasteiger partial charge is 0.472 e. The monoisotopic (exact) mass is 411 g/mol. The highest BCUT2D eigenvalue weighted by Gasteiger charge is 2.31. The Kier molecular flexibility index (Phi) is 5.24. The van der Waals surface area contributed by atoms with Gasteiger partial charge in [0.15, 0.2) is 0 Å². The third-order valence-electron chi connectivity index (χ3n) is 5.05. The summed E-state index contributed by atoms with van der Waals surface area (Å²) >= 11 is 0. The fourth-order valence-corrected chi connectivity index (χ4v) is 3.52. The second kappa shape index (κ2) is 7.86. The van der Waals surface area contributed by atoms with Gasteiger partial charge >= 0.3 is 6.36 Å². The highest BCUT2D eigenvalue weighted by atomic mass is 19.4. The average Bonchev–Trinajstić information content (AvgIpc) is 3.09. The summed E-state index contributed by atoms with van der Waals surface area (Å²) in [5.74, 6) is 0.410. The molecular formula is C24H20F3NO2. The Balaban J connectivity index is 1.53. The maximum absolute atomic E-state index is 12.3. The molecular weight excluding hydrogens is 391 g/mol. The van der Waals surface area contributed by atoms with Crippen LogP contribution in [0.1, 0.15) is 29.7 Å². The number of aryl methyl sites for hydroxylation is 1. The van der Waals surface area contributed by atoms with Crippen molar-refractivity contribution >= 4 is 5.90 Å². The first-order valence-corrected chi connectivity index (χ1v) is 9.57. The maximum atomic E-state index is 12.3. The van der Waals surface area contributed by atoms with E-state index in [9.17, 15) is 13.2 Å². The van der Waals surface area contributed by atoms with Gasteiger partial charge in [-0.25, -0.2) is 4.99 Å². The van der Waals surface area contributed by atoms with Gasteiger partial charge in [-0.3, -0.25) is 0 Å². The summed E-state index contributed by atoms with van der Waals surface area (Å²) in [6, 6.07) is 21.5. The molecule has 0 amide bonds. The third-order valence-corrected chi connectivity index (χ3v) is 5.05. The van der Waals surface area contributed by atoms with Crippen molar-refractivity contribution in [3.8, 4) is 16.9 Å². The van der Waals surface area contributed by atoms with Crippen LogP contribution in [0.5, 0.6) is 5.75 Å². The van der Waals surface area contributed by atoms with Gasteiger partial charge in [-0.1, -0.05) is 54.6 Å². The number of hydrogen-bond acceptors (Lipinski definition) is 3. The fraction of sp³-hybridized carbons (Fsp3) is 0.208. The number of nitrogens with zero attached hydrogens (tertiary/aromatic N) is 1. The van der Waals surface area contributed by atoms with Gasteiger partial charge < -0.3 is 9.47 Å². The number of benzene rings is 3. The highest BCUT2D eigenvalue weighted by Crippen LogP contribution is 2.33. The molecule has 0 saturated heterocycles. The zero-order valence-corrected chi connectivity index (χ0v) is 16.5. The number of halogens is 3.